The molecular weight excluding hydrogens is 454 g/mol. The molecule has 0 spiro atoms. The van der Waals surface area contributed by atoms with Gasteiger partial charge >= 0.3 is 0 Å². The molecule has 0 radical (unpaired) electrons. The van der Waals surface area contributed by atoms with E-state index >= 15 is 0 Å². The molecular formula is C28H31N5O3. The van der Waals surface area contributed by atoms with E-state index in [-0.39, 0.29) is 5.91 Å². The SMILES string of the molecule is CCC1CCCCN1C(=O)c1ccc(-n2nc(-c3nnc(C)o3)c(C)c2-c2ccc(OC)cc2)cc1. The lowest BCUT2D eigenvalue weighted by Crippen LogP contribution is -2.43. The molecule has 3 heterocycles. The van der Waals surface area contributed by atoms with Crippen molar-refractivity contribution in [3.63, 3.8) is 0 Å². The molecule has 1 aliphatic rings. The van der Waals surface area contributed by atoms with E-state index in [9.17, 15) is 4.79 Å². The summed E-state index contributed by atoms with van der Waals surface area (Å²) in [6, 6.07) is 15.8. The number of aromatic nitrogens is 4. The first-order valence-electron chi connectivity index (χ1n) is 12.5. The van der Waals surface area contributed by atoms with Gasteiger partial charge in [-0.05, 0) is 81.1 Å². The van der Waals surface area contributed by atoms with Gasteiger partial charge in [-0.3, -0.25) is 4.79 Å². The van der Waals surface area contributed by atoms with E-state index in [0.717, 1.165) is 54.1 Å². The molecule has 1 fully saturated rings. The molecule has 4 aromatic rings. The molecule has 1 unspecified atom stereocenters. The summed E-state index contributed by atoms with van der Waals surface area (Å²) in [6.07, 6.45) is 4.32. The van der Waals surface area contributed by atoms with Crippen LogP contribution in [0.3, 0.4) is 0 Å². The molecule has 1 aliphatic heterocycles. The van der Waals surface area contributed by atoms with E-state index in [4.69, 9.17) is 14.3 Å². The number of ether oxygens (including phenoxy) is 1. The zero-order valence-corrected chi connectivity index (χ0v) is 21.2. The van der Waals surface area contributed by atoms with Crippen LogP contribution in [-0.4, -0.2) is 50.5 Å². The van der Waals surface area contributed by atoms with E-state index in [2.05, 4.69) is 17.1 Å². The van der Waals surface area contributed by atoms with Crippen molar-refractivity contribution in [1.82, 2.24) is 24.9 Å². The first-order valence-corrected chi connectivity index (χ1v) is 12.5. The molecule has 8 heteroatoms. The van der Waals surface area contributed by atoms with Gasteiger partial charge < -0.3 is 14.1 Å². The van der Waals surface area contributed by atoms with E-state index in [1.165, 1.54) is 6.42 Å². The number of benzene rings is 2. The first-order chi connectivity index (χ1) is 17.5. The second-order valence-electron chi connectivity index (χ2n) is 9.19. The van der Waals surface area contributed by atoms with Gasteiger partial charge in [0.05, 0.1) is 18.5 Å². The molecule has 186 valence electrons. The summed E-state index contributed by atoms with van der Waals surface area (Å²) >= 11 is 0. The highest BCUT2D eigenvalue weighted by Gasteiger charge is 2.27. The molecule has 0 saturated carbocycles. The minimum absolute atomic E-state index is 0.0992. The van der Waals surface area contributed by atoms with Crippen molar-refractivity contribution in [3.8, 4) is 34.3 Å². The van der Waals surface area contributed by atoms with Crippen molar-refractivity contribution < 1.29 is 13.9 Å². The van der Waals surface area contributed by atoms with Crippen molar-refractivity contribution in [3.05, 3.63) is 65.5 Å². The monoisotopic (exact) mass is 485 g/mol. The van der Waals surface area contributed by atoms with Crippen LogP contribution in [0.15, 0.2) is 52.9 Å². The van der Waals surface area contributed by atoms with Crippen LogP contribution in [0.5, 0.6) is 5.75 Å². The number of piperidine rings is 1. The lowest BCUT2D eigenvalue weighted by atomic mass is 9.99. The Morgan fingerprint density at radius 2 is 1.81 bits per heavy atom. The van der Waals surface area contributed by atoms with Gasteiger partial charge in [-0.15, -0.1) is 10.2 Å². The van der Waals surface area contributed by atoms with E-state index in [1.54, 1.807) is 14.0 Å². The lowest BCUT2D eigenvalue weighted by Gasteiger charge is -2.35. The number of hydrogen-bond acceptors (Lipinski definition) is 6. The Kier molecular flexibility index (Phi) is 6.59. The van der Waals surface area contributed by atoms with Crippen LogP contribution in [0, 0.1) is 13.8 Å². The van der Waals surface area contributed by atoms with Crippen LogP contribution in [0.25, 0.3) is 28.5 Å². The fourth-order valence-corrected chi connectivity index (χ4v) is 4.97. The highest BCUT2D eigenvalue weighted by Crippen LogP contribution is 2.34. The number of nitrogens with zero attached hydrogens (tertiary/aromatic N) is 5. The Balaban J connectivity index is 1.54. The number of carbonyl (C=O) groups is 1. The summed E-state index contributed by atoms with van der Waals surface area (Å²) in [4.78, 5) is 15.3. The average molecular weight is 486 g/mol. The zero-order chi connectivity index (χ0) is 25.2. The predicted molar refractivity (Wildman–Crippen MR) is 137 cm³/mol. The number of amides is 1. The van der Waals surface area contributed by atoms with Gasteiger partial charge in [0.15, 0.2) is 5.69 Å². The molecule has 2 aromatic carbocycles. The third-order valence-corrected chi connectivity index (χ3v) is 6.93. The maximum atomic E-state index is 13.3. The molecule has 36 heavy (non-hydrogen) atoms. The number of aryl methyl sites for hydroxylation is 1. The van der Waals surface area contributed by atoms with E-state index in [1.807, 2.05) is 65.0 Å². The van der Waals surface area contributed by atoms with E-state index < -0.39 is 0 Å². The maximum absolute atomic E-state index is 13.3. The smallest absolute Gasteiger partial charge is 0.268 e. The topological polar surface area (TPSA) is 86.3 Å². The van der Waals surface area contributed by atoms with Crippen LogP contribution < -0.4 is 4.74 Å². The van der Waals surface area contributed by atoms with Gasteiger partial charge in [0, 0.05) is 36.2 Å². The van der Waals surface area contributed by atoms with Crippen molar-refractivity contribution in [2.45, 2.75) is 52.5 Å². The van der Waals surface area contributed by atoms with Crippen molar-refractivity contribution in [1.29, 1.82) is 0 Å². The summed E-state index contributed by atoms with van der Waals surface area (Å²) in [5, 5.41) is 13.0. The van der Waals surface area contributed by atoms with Gasteiger partial charge in [-0.2, -0.15) is 5.10 Å². The van der Waals surface area contributed by atoms with Gasteiger partial charge in [0.1, 0.15) is 5.75 Å². The lowest BCUT2D eigenvalue weighted by molar-refractivity contribution is 0.0608. The number of likely N-dealkylation sites (tertiary alicyclic amines) is 1. The van der Waals surface area contributed by atoms with Crippen LogP contribution in [-0.2, 0) is 0 Å². The summed E-state index contributed by atoms with van der Waals surface area (Å²) in [5.41, 5.74) is 4.96. The Labute approximate surface area is 210 Å². The molecule has 0 bridgehead atoms. The number of hydrogen-bond donors (Lipinski definition) is 0. The normalized spacial score (nSPS) is 15.8. The van der Waals surface area contributed by atoms with E-state index in [0.29, 0.717) is 29.1 Å². The summed E-state index contributed by atoms with van der Waals surface area (Å²) in [7, 11) is 1.65. The number of methoxy groups -OCH3 is 1. The average Bonchev–Trinajstić information content (AvgIpc) is 3.51. The Hall–Kier alpha value is -3.94. The minimum Gasteiger partial charge on any atom is -0.497 e. The van der Waals surface area contributed by atoms with Gasteiger partial charge in [0.2, 0.25) is 5.89 Å². The van der Waals surface area contributed by atoms with Gasteiger partial charge in [-0.1, -0.05) is 6.92 Å². The standard InChI is InChI=1S/C28H31N5O3/c1-5-22-8-6-7-17-32(22)28(34)21-9-13-23(14-10-21)33-26(20-11-15-24(35-4)16-12-20)18(2)25(31-33)27-30-29-19(3)36-27/h9-16,22H,5-8,17H2,1-4H3. The summed E-state index contributed by atoms with van der Waals surface area (Å²) in [5.74, 6) is 1.74. The van der Waals surface area contributed by atoms with Crippen molar-refractivity contribution in [2.24, 2.45) is 0 Å². The van der Waals surface area contributed by atoms with Crippen molar-refractivity contribution in [2.75, 3.05) is 13.7 Å². The molecule has 5 rings (SSSR count). The molecule has 0 aliphatic carbocycles. The number of rotatable bonds is 6. The quantitative estimate of drug-likeness (QED) is 0.352. The summed E-state index contributed by atoms with van der Waals surface area (Å²) in [6.45, 7) is 6.74. The van der Waals surface area contributed by atoms with Crippen LogP contribution >= 0.6 is 0 Å². The zero-order valence-electron chi connectivity index (χ0n) is 21.2. The van der Waals surface area contributed by atoms with Crippen LogP contribution in [0.4, 0.5) is 0 Å². The first kappa shape index (κ1) is 23.8. The Bertz CT molecular complexity index is 1360. The molecule has 8 nitrogen and oxygen atoms in total. The third kappa shape index (κ3) is 4.39. The van der Waals surface area contributed by atoms with Gasteiger partial charge in [0.25, 0.3) is 11.8 Å². The van der Waals surface area contributed by atoms with Crippen LogP contribution in [0.2, 0.25) is 0 Å². The van der Waals surface area contributed by atoms with Crippen LogP contribution in [0.1, 0.15) is 54.4 Å². The Morgan fingerprint density at radius 1 is 1.06 bits per heavy atom. The fourth-order valence-electron chi connectivity index (χ4n) is 4.97. The van der Waals surface area contributed by atoms with Crippen molar-refractivity contribution >= 4 is 5.91 Å². The molecule has 1 saturated heterocycles. The Morgan fingerprint density at radius 3 is 2.44 bits per heavy atom. The highest BCUT2D eigenvalue weighted by molar-refractivity contribution is 5.94. The molecule has 0 N–H and O–H groups in total. The highest BCUT2D eigenvalue weighted by atomic mass is 16.5. The molecule has 1 amide bonds. The predicted octanol–water partition coefficient (Wildman–Crippen LogP) is 5.62. The third-order valence-electron chi connectivity index (χ3n) is 6.93. The number of carbonyl (C=O) groups excluding carboxylic acids is 1. The molecule has 2 aromatic heterocycles. The maximum Gasteiger partial charge on any atom is 0.268 e. The fraction of sp³-hybridized carbons (Fsp3) is 0.357. The minimum atomic E-state index is 0.0992. The largest absolute Gasteiger partial charge is 0.497 e. The summed E-state index contributed by atoms with van der Waals surface area (Å²) < 4.78 is 12.9. The van der Waals surface area contributed by atoms with Gasteiger partial charge in [-0.25, -0.2) is 4.68 Å². The molecule has 1 atom stereocenters. The second kappa shape index (κ2) is 9.97. The second-order valence-corrected chi connectivity index (χ2v) is 9.19.